The Balaban J connectivity index is 2.67. The number of hydrogen-bond donors (Lipinski definition) is 1. The normalized spacial score (nSPS) is 10.3. The van der Waals surface area contributed by atoms with E-state index in [9.17, 15) is 0 Å². The third-order valence-electron chi connectivity index (χ3n) is 2.50. The van der Waals surface area contributed by atoms with Crippen LogP contribution in [0.2, 0.25) is 5.02 Å². The Labute approximate surface area is 104 Å². The van der Waals surface area contributed by atoms with E-state index in [1.54, 1.807) is 25.3 Å². The average Bonchev–Trinajstić information content (AvgIpc) is 2.33. The first-order valence-electron chi connectivity index (χ1n) is 5.04. The minimum absolute atomic E-state index is 0.535. The fourth-order valence-corrected chi connectivity index (χ4v) is 1.74. The number of aryl methyl sites for hydroxylation is 1. The molecule has 0 amide bonds. The molecule has 0 aliphatic rings. The summed E-state index contributed by atoms with van der Waals surface area (Å²) in [4.78, 5) is 8.22. The van der Waals surface area contributed by atoms with Crippen LogP contribution in [0.15, 0.2) is 24.5 Å². The quantitative estimate of drug-likeness (QED) is 0.889. The van der Waals surface area contributed by atoms with E-state index in [1.165, 1.54) is 6.33 Å². The number of rotatable bonds is 2. The Morgan fingerprint density at radius 3 is 2.76 bits per heavy atom. The third-order valence-corrected chi connectivity index (χ3v) is 2.73. The number of methoxy groups -OCH3 is 1. The number of anilines is 1. The van der Waals surface area contributed by atoms with Crippen LogP contribution in [0.5, 0.6) is 5.75 Å². The van der Waals surface area contributed by atoms with Gasteiger partial charge in [-0.05, 0) is 25.1 Å². The molecule has 0 spiro atoms. The van der Waals surface area contributed by atoms with Crippen LogP contribution in [0.3, 0.4) is 0 Å². The number of ether oxygens (including phenoxy) is 1. The number of benzene rings is 1. The number of halogens is 1. The van der Waals surface area contributed by atoms with Crippen LogP contribution in [0, 0.1) is 6.92 Å². The average molecular weight is 250 g/mol. The van der Waals surface area contributed by atoms with Gasteiger partial charge in [0.25, 0.3) is 0 Å². The van der Waals surface area contributed by atoms with Crippen LogP contribution in [0.4, 0.5) is 5.69 Å². The van der Waals surface area contributed by atoms with Gasteiger partial charge < -0.3 is 10.5 Å². The number of nitrogens with two attached hydrogens (primary N) is 1. The Hall–Kier alpha value is -1.81. The maximum Gasteiger partial charge on any atom is 0.128 e. The molecule has 2 rings (SSSR count). The minimum atomic E-state index is 0.535. The first-order valence-corrected chi connectivity index (χ1v) is 5.42. The second-order valence-electron chi connectivity index (χ2n) is 3.57. The van der Waals surface area contributed by atoms with Crippen LogP contribution in [-0.4, -0.2) is 17.1 Å². The van der Waals surface area contributed by atoms with Crippen LogP contribution in [-0.2, 0) is 0 Å². The summed E-state index contributed by atoms with van der Waals surface area (Å²) in [6.45, 7) is 1.83. The first-order chi connectivity index (χ1) is 8.13. The molecule has 2 N–H and O–H groups in total. The first kappa shape index (κ1) is 11.7. The summed E-state index contributed by atoms with van der Waals surface area (Å²) < 4.78 is 5.27. The maximum absolute atomic E-state index is 5.98. The number of nitrogens with zero attached hydrogens (tertiary/aromatic N) is 2. The molecule has 0 saturated heterocycles. The Morgan fingerprint density at radius 2 is 2.06 bits per heavy atom. The van der Waals surface area contributed by atoms with Gasteiger partial charge in [0.2, 0.25) is 0 Å². The molecule has 1 heterocycles. The van der Waals surface area contributed by atoms with Crippen molar-refractivity contribution in [1.29, 1.82) is 0 Å². The van der Waals surface area contributed by atoms with E-state index >= 15 is 0 Å². The molecule has 0 fully saturated rings. The molecule has 17 heavy (non-hydrogen) atoms. The molecule has 1 aromatic carbocycles. The third kappa shape index (κ3) is 2.17. The standard InChI is InChI=1S/C12H12ClN3O/c1-7-11(14)12(16-6-15-7)9-5-8(13)3-4-10(9)17-2/h3-6H,14H2,1-2H3. The van der Waals surface area contributed by atoms with Crippen molar-refractivity contribution in [3.8, 4) is 17.0 Å². The molecule has 5 heteroatoms. The lowest BCUT2D eigenvalue weighted by Crippen LogP contribution is -2.00. The minimum Gasteiger partial charge on any atom is -0.496 e. The zero-order valence-electron chi connectivity index (χ0n) is 9.57. The van der Waals surface area contributed by atoms with Gasteiger partial charge in [-0.15, -0.1) is 0 Å². The highest BCUT2D eigenvalue weighted by Gasteiger charge is 2.12. The van der Waals surface area contributed by atoms with E-state index in [0.29, 0.717) is 22.2 Å². The molecule has 0 unspecified atom stereocenters. The monoisotopic (exact) mass is 249 g/mol. The lowest BCUT2D eigenvalue weighted by molar-refractivity contribution is 0.416. The molecule has 0 aliphatic carbocycles. The van der Waals surface area contributed by atoms with E-state index in [0.717, 1.165) is 11.3 Å². The van der Waals surface area contributed by atoms with Crippen molar-refractivity contribution in [1.82, 2.24) is 9.97 Å². The summed E-state index contributed by atoms with van der Waals surface area (Å²) in [5.74, 6) is 0.680. The summed E-state index contributed by atoms with van der Waals surface area (Å²) in [7, 11) is 1.59. The largest absolute Gasteiger partial charge is 0.496 e. The van der Waals surface area contributed by atoms with Crippen LogP contribution >= 0.6 is 11.6 Å². The number of hydrogen-bond acceptors (Lipinski definition) is 4. The van der Waals surface area contributed by atoms with Gasteiger partial charge in [0.15, 0.2) is 0 Å². The summed E-state index contributed by atoms with van der Waals surface area (Å²) in [6.07, 6.45) is 1.47. The number of nitrogen functional groups attached to an aromatic ring is 1. The number of aromatic nitrogens is 2. The second kappa shape index (κ2) is 4.59. The van der Waals surface area contributed by atoms with E-state index in [2.05, 4.69) is 9.97 Å². The lowest BCUT2D eigenvalue weighted by Gasteiger charge is -2.11. The molecule has 88 valence electrons. The van der Waals surface area contributed by atoms with Gasteiger partial charge in [0, 0.05) is 10.6 Å². The van der Waals surface area contributed by atoms with Crippen molar-refractivity contribution in [2.24, 2.45) is 0 Å². The van der Waals surface area contributed by atoms with Crippen molar-refractivity contribution in [2.75, 3.05) is 12.8 Å². The van der Waals surface area contributed by atoms with E-state index in [-0.39, 0.29) is 0 Å². The van der Waals surface area contributed by atoms with Gasteiger partial charge in [-0.1, -0.05) is 11.6 Å². The maximum atomic E-state index is 5.98. The van der Waals surface area contributed by atoms with Gasteiger partial charge in [-0.3, -0.25) is 0 Å². The SMILES string of the molecule is COc1ccc(Cl)cc1-c1ncnc(C)c1N. The Kier molecular flexibility index (Phi) is 3.15. The van der Waals surface area contributed by atoms with Gasteiger partial charge in [-0.25, -0.2) is 9.97 Å². The second-order valence-corrected chi connectivity index (χ2v) is 4.00. The van der Waals surface area contributed by atoms with E-state index < -0.39 is 0 Å². The van der Waals surface area contributed by atoms with Crippen molar-refractivity contribution in [2.45, 2.75) is 6.92 Å². The van der Waals surface area contributed by atoms with E-state index in [1.807, 2.05) is 6.92 Å². The molecule has 0 saturated carbocycles. The van der Waals surface area contributed by atoms with Gasteiger partial charge in [0.1, 0.15) is 17.8 Å². The molecular formula is C12H12ClN3O. The van der Waals surface area contributed by atoms with Crippen LogP contribution in [0.1, 0.15) is 5.69 Å². The fraction of sp³-hybridized carbons (Fsp3) is 0.167. The highest BCUT2D eigenvalue weighted by Crippen LogP contribution is 2.34. The predicted molar refractivity (Wildman–Crippen MR) is 68.2 cm³/mol. The van der Waals surface area contributed by atoms with Crippen LogP contribution < -0.4 is 10.5 Å². The summed E-state index contributed by atoms with van der Waals surface area (Å²) in [5, 5.41) is 0.608. The van der Waals surface area contributed by atoms with Gasteiger partial charge >= 0.3 is 0 Å². The van der Waals surface area contributed by atoms with Crippen LogP contribution in [0.25, 0.3) is 11.3 Å². The predicted octanol–water partition coefficient (Wildman–Crippen LogP) is 2.70. The molecule has 0 bridgehead atoms. The zero-order valence-corrected chi connectivity index (χ0v) is 10.3. The molecule has 0 aliphatic heterocycles. The van der Waals surface area contributed by atoms with Gasteiger partial charge in [-0.2, -0.15) is 0 Å². The van der Waals surface area contributed by atoms with Crippen molar-refractivity contribution in [3.63, 3.8) is 0 Å². The highest BCUT2D eigenvalue weighted by atomic mass is 35.5. The molecule has 1 aromatic heterocycles. The molecule has 4 nitrogen and oxygen atoms in total. The van der Waals surface area contributed by atoms with Gasteiger partial charge in [0.05, 0.1) is 18.5 Å². The topological polar surface area (TPSA) is 61.0 Å². The smallest absolute Gasteiger partial charge is 0.128 e. The summed E-state index contributed by atoms with van der Waals surface area (Å²) in [5.41, 5.74) is 8.64. The summed E-state index contributed by atoms with van der Waals surface area (Å²) in [6, 6.07) is 5.32. The highest BCUT2D eigenvalue weighted by molar-refractivity contribution is 6.31. The Morgan fingerprint density at radius 1 is 1.29 bits per heavy atom. The molecule has 0 atom stereocenters. The van der Waals surface area contributed by atoms with E-state index in [4.69, 9.17) is 22.1 Å². The fourth-order valence-electron chi connectivity index (χ4n) is 1.56. The lowest BCUT2D eigenvalue weighted by atomic mass is 10.1. The molecule has 2 aromatic rings. The summed E-state index contributed by atoms with van der Waals surface area (Å²) >= 11 is 5.98. The zero-order chi connectivity index (χ0) is 12.4. The van der Waals surface area contributed by atoms with Crippen molar-refractivity contribution in [3.05, 3.63) is 35.2 Å². The molecular weight excluding hydrogens is 238 g/mol. The van der Waals surface area contributed by atoms with Crippen molar-refractivity contribution < 1.29 is 4.74 Å². The Bertz CT molecular complexity index is 557. The van der Waals surface area contributed by atoms with Crippen molar-refractivity contribution >= 4 is 17.3 Å². The molecule has 0 radical (unpaired) electrons.